The Morgan fingerprint density at radius 1 is 1.31 bits per heavy atom. The molecule has 0 aliphatic heterocycles. The van der Waals surface area contributed by atoms with E-state index in [0.29, 0.717) is 0 Å². The van der Waals surface area contributed by atoms with Gasteiger partial charge in [-0.05, 0) is 37.2 Å². The van der Waals surface area contributed by atoms with E-state index in [-0.39, 0.29) is 5.41 Å². The molecule has 0 amide bonds. The molecule has 2 nitrogen and oxygen atoms in total. The van der Waals surface area contributed by atoms with Gasteiger partial charge in [0.15, 0.2) is 0 Å². The Morgan fingerprint density at radius 2 is 1.94 bits per heavy atom. The monoisotopic (exact) mass is 242 g/mol. The van der Waals surface area contributed by atoms with E-state index in [4.69, 9.17) is 11.6 Å². The SMILES string of the molecule is CCc1cc(CC(CC)(CC)CCl)n(C)n1. The molecule has 0 radical (unpaired) electrons. The van der Waals surface area contributed by atoms with Crippen molar-refractivity contribution in [1.29, 1.82) is 0 Å². The summed E-state index contributed by atoms with van der Waals surface area (Å²) >= 11 is 6.14. The van der Waals surface area contributed by atoms with Gasteiger partial charge >= 0.3 is 0 Å². The van der Waals surface area contributed by atoms with Gasteiger partial charge in [-0.3, -0.25) is 4.68 Å². The maximum atomic E-state index is 6.14. The van der Waals surface area contributed by atoms with Gasteiger partial charge in [-0.2, -0.15) is 5.10 Å². The van der Waals surface area contributed by atoms with Gasteiger partial charge < -0.3 is 0 Å². The first kappa shape index (κ1) is 13.6. The molecule has 0 saturated heterocycles. The lowest BCUT2D eigenvalue weighted by atomic mass is 9.80. The van der Waals surface area contributed by atoms with E-state index < -0.39 is 0 Å². The minimum absolute atomic E-state index is 0.236. The Labute approximate surface area is 104 Å². The third kappa shape index (κ3) is 2.79. The normalized spacial score (nSPS) is 12.1. The maximum Gasteiger partial charge on any atom is 0.0624 e. The fourth-order valence-electron chi connectivity index (χ4n) is 2.03. The molecule has 3 heteroatoms. The summed E-state index contributed by atoms with van der Waals surface area (Å²) in [5.74, 6) is 0.729. The zero-order valence-electron chi connectivity index (χ0n) is 10.9. The van der Waals surface area contributed by atoms with Crippen molar-refractivity contribution in [1.82, 2.24) is 9.78 Å². The first-order chi connectivity index (χ1) is 7.60. The Bertz CT molecular complexity index is 318. The predicted molar refractivity (Wildman–Crippen MR) is 70.0 cm³/mol. The molecule has 1 aromatic rings. The molecule has 0 N–H and O–H groups in total. The molecule has 1 rings (SSSR count). The standard InChI is InChI=1S/C13H23ClN2/c1-5-11-8-12(16(4)15-11)9-13(6-2,7-3)10-14/h8H,5-7,9-10H2,1-4H3. The van der Waals surface area contributed by atoms with Gasteiger partial charge in [0, 0.05) is 18.6 Å². The Morgan fingerprint density at radius 3 is 2.31 bits per heavy atom. The van der Waals surface area contributed by atoms with Crippen LogP contribution in [0.2, 0.25) is 0 Å². The lowest BCUT2D eigenvalue weighted by molar-refractivity contribution is 0.294. The second-order valence-electron chi connectivity index (χ2n) is 4.62. The Balaban J connectivity index is 2.88. The van der Waals surface area contributed by atoms with Crippen LogP contribution < -0.4 is 0 Å². The zero-order valence-corrected chi connectivity index (χ0v) is 11.6. The molecule has 0 saturated carbocycles. The van der Waals surface area contributed by atoms with Gasteiger partial charge in [0.1, 0.15) is 0 Å². The third-order valence-corrected chi connectivity index (χ3v) is 4.30. The number of rotatable bonds is 6. The molecule has 0 spiro atoms. The van der Waals surface area contributed by atoms with Crippen LogP contribution in [-0.4, -0.2) is 15.7 Å². The van der Waals surface area contributed by atoms with Crippen LogP contribution in [0.4, 0.5) is 0 Å². The van der Waals surface area contributed by atoms with Crippen LogP contribution in [0, 0.1) is 5.41 Å². The highest BCUT2D eigenvalue weighted by Crippen LogP contribution is 2.32. The molecular weight excluding hydrogens is 220 g/mol. The van der Waals surface area contributed by atoms with E-state index >= 15 is 0 Å². The van der Waals surface area contributed by atoms with Crippen molar-refractivity contribution in [2.45, 2.75) is 46.5 Å². The Kier molecular flexibility index (Phi) is 4.85. The average Bonchev–Trinajstić information content (AvgIpc) is 2.67. The summed E-state index contributed by atoms with van der Waals surface area (Å²) in [4.78, 5) is 0. The molecule has 0 unspecified atom stereocenters. The summed E-state index contributed by atoms with van der Waals surface area (Å²) in [5, 5.41) is 4.49. The number of hydrogen-bond donors (Lipinski definition) is 0. The van der Waals surface area contributed by atoms with Gasteiger partial charge in [-0.15, -0.1) is 11.6 Å². The van der Waals surface area contributed by atoms with Crippen LogP contribution in [0.25, 0.3) is 0 Å². The molecule has 92 valence electrons. The topological polar surface area (TPSA) is 17.8 Å². The van der Waals surface area contributed by atoms with Crippen molar-refractivity contribution in [2.75, 3.05) is 5.88 Å². The second-order valence-corrected chi connectivity index (χ2v) is 4.89. The number of aromatic nitrogens is 2. The van der Waals surface area contributed by atoms with Crippen molar-refractivity contribution in [3.05, 3.63) is 17.5 Å². The van der Waals surface area contributed by atoms with E-state index in [1.165, 1.54) is 11.4 Å². The van der Waals surface area contributed by atoms with Crippen molar-refractivity contribution in [3.8, 4) is 0 Å². The van der Waals surface area contributed by atoms with E-state index in [9.17, 15) is 0 Å². The highest BCUT2D eigenvalue weighted by Gasteiger charge is 2.26. The molecular formula is C13H23ClN2. The predicted octanol–water partition coefficient (Wildman–Crippen LogP) is 3.57. The summed E-state index contributed by atoms with van der Waals surface area (Å²) in [6.45, 7) is 6.59. The van der Waals surface area contributed by atoms with Crippen LogP contribution in [0.15, 0.2) is 6.07 Å². The maximum absolute atomic E-state index is 6.14. The molecule has 0 aromatic carbocycles. The van der Waals surface area contributed by atoms with E-state index in [2.05, 4.69) is 31.9 Å². The van der Waals surface area contributed by atoms with Gasteiger partial charge in [0.25, 0.3) is 0 Å². The molecule has 0 atom stereocenters. The van der Waals surface area contributed by atoms with Gasteiger partial charge in [0.05, 0.1) is 5.69 Å². The summed E-state index contributed by atoms with van der Waals surface area (Å²) < 4.78 is 2.01. The minimum atomic E-state index is 0.236. The van der Waals surface area contributed by atoms with Crippen LogP contribution in [-0.2, 0) is 19.9 Å². The van der Waals surface area contributed by atoms with Crippen LogP contribution >= 0.6 is 11.6 Å². The summed E-state index contributed by atoms with van der Waals surface area (Å²) in [6, 6.07) is 2.21. The van der Waals surface area contributed by atoms with Crippen molar-refractivity contribution >= 4 is 11.6 Å². The fourth-order valence-corrected chi connectivity index (χ4v) is 2.50. The van der Waals surface area contributed by atoms with Crippen molar-refractivity contribution in [3.63, 3.8) is 0 Å². The van der Waals surface area contributed by atoms with E-state index in [1.807, 2.05) is 11.7 Å². The number of hydrogen-bond acceptors (Lipinski definition) is 1. The fraction of sp³-hybridized carbons (Fsp3) is 0.769. The number of aryl methyl sites for hydroxylation is 2. The molecule has 1 aromatic heterocycles. The molecule has 16 heavy (non-hydrogen) atoms. The number of nitrogens with zero attached hydrogens (tertiary/aromatic N) is 2. The summed E-state index contributed by atoms with van der Waals surface area (Å²) in [6.07, 6.45) is 4.28. The lowest BCUT2D eigenvalue weighted by Crippen LogP contribution is -2.25. The summed E-state index contributed by atoms with van der Waals surface area (Å²) in [5.41, 5.74) is 2.72. The van der Waals surface area contributed by atoms with E-state index in [1.54, 1.807) is 0 Å². The van der Waals surface area contributed by atoms with E-state index in [0.717, 1.165) is 31.6 Å². The minimum Gasteiger partial charge on any atom is -0.272 e. The van der Waals surface area contributed by atoms with Crippen LogP contribution in [0.3, 0.4) is 0 Å². The smallest absolute Gasteiger partial charge is 0.0624 e. The molecule has 0 aliphatic rings. The van der Waals surface area contributed by atoms with Crippen LogP contribution in [0.5, 0.6) is 0 Å². The third-order valence-electron chi connectivity index (χ3n) is 3.73. The van der Waals surface area contributed by atoms with Gasteiger partial charge in [0.2, 0.25) is 0 Å². The van der Waals surface area contributed by atoms with Gasteiger partial charge in [-0.25, -0.2) is 0 Å². The largest absolute Gasteiger partial charge is 0.272 e. The molecule has 1 heterocycles. The summed E-state index contributed by atoms with van der Waals surface area (Å²) in [7, 11) is 2.03. The quantitative estimate of drug-likeness (QED) is 0.698. The molecule has 0 aliphatic carbocycles. The number of alkyl halides is 1. The highest BCUT2D eigenvalue weighted by molar-refractivity contribution is 6.18. The molecule has 0 fully saturated rings. The highest BCUT2D eigenvalue weighted by atomic mass is 35.5. The average molecular weight is 243 g/mol. The molecule has 0 bridgehead atoms. The van der Waals surface area contributed by atoms with Crippen molar-refractivity contribution < 1.29 is 0 Å². The zero-order chi connectivity index (χ0) is 12.2. The second kappa shape index (κ2) is 5.72. The van der Waals surface area contributed by atoms with Crippen LogP contribution in [0.1, 0.15) is 45.0 Å². The van der Waals surface area contributed by atoms with Crippen molar-refractivity contribution in [2.24, 2.45) is 12.5 Å². The lowest BCUT2D eigenvalue weighted by Gasteiger charge is -2.29. The van der Waals surface area contributed by atoms with Gasteiger partial charge in [-0.1, -0.05) is 20.8 Å². The first-order valence-electron chi connectivity index (χ1n) is 6.18. The first-order valence-corrected chi connectivity index (χ1v) is 6.72. The number of halogens is 1. The Hall–Kier alpha value is -0.500.